The number of amides is 10. The van der Waals surface area contributed by atoms with Crippen LogP contribution in [-0.2, 0) is 43.2 Å². The van der Waals surface area contributed by atoms with Crippen LogP contribution in [0.15, 0.2) is 29.0 Å². The Labute approximate surface area is 498 Å². The van der Waals surface area contributed by atoms with Crippen LogP contribution in [0.4, 0.5) is 0 Å². The first-order valence-electron chi connectivity index (χ1n) is 30.2. The van der Waals surface area contributed by atoms with E-state index in [1.54, 1.807) is 23.1 Å². The van der Waals surface area contributed by atoms with Gasteiger partial charge in [-0.3, -0.25) is 47.9 Å². The van der Waals surface area contributed by atoms with E-state index in [4.69, 9.17) is 4.42 Å². The molecule has 0 saturated carbocycles. The molecule has 1 aliphatic heterocycles. The maximum atomic E-state index is 14.7. The summed E-state index contributed by atoms with van der Waals surface area (Å²) in [6.45, 7) is 25.1. The molecular formula is C61H102N12O11. The summed E-state index contributed by atoms with van der Waals surface area (Å²) in [6, 6.07) is 0.279. The molecule has 0 spiro atoms. The monoisotopic (exact) mass is 1180 g/mol. The maximum absolute atomic E-state index is 14.7. The summed E-state index contributed by atoms with van der Waals surface area (Å²) in [4.78, 5) is 148. The SMILES string of the molecule is CCCCCCCC[C@@H](C(=O)N[C@@H](CC(C)C)C(=O)NC(C)(C)C(=O)N[C@@H](CC(C)C)C(=O)N[C@@H](CC(C)C)C(=O)NC(C)(C)C(=O)NC(C)(C)C(=O)NCCC(=O)N[C@@H](C)CN(C)C)N(C=O)[C@@H]1CCCN1C(=O)c1ccc2ocnc2c1. The maximum Gasteiger partial charge on any atom is 0.255 e. The standard InChI is InChI=1S/C61H102N12O11/c1-17-18-19-20-21-22-24-47(73(37-74)50-25-23-30-72(50)55(80)42-26-27-48-43(34-42)63-36-84-48)54(79)66-46(33-40(6)7)53(78)68-60(11,12)57(82)67-44(31-38(2)3)51(76)65-45(32-39(4)5)52(77)69-61(13,14)58(83)70-59(9,10)56(81)62-29-28-49(75)64-41(8)35-71(15)16/h26-27,34,36-41,44-47,50H,17-25,28-33,35H2,1-16H3,(H,62,81)(H,64,75)(H,65,76)(H,66,79)(H,67,82)(H,68,78)(H,69,77)(H,70,83)/t41-,44-,45-,46-,47-,50+/m0/s1. The third-order valence-electron chi connectivity index (χ3n) is 14.7. The third-order valence-corrected chi connectivity index (χ3v) is 14.7. The number of benzene rings is 1. The molecule has 1 aromatic carbocycles. The van der Waals surface area contributed by atoms with E-state index < -0.39 is 88.3 Å². The number of aromatic nitrogens is 1. The van der Waals surface area contributed by atoms with E-state index in [-0.39, 0.29) is 74.3 Å². The van der Waals surface area contributed by atoms with Gasteiger partial charge in [0.15, 0.2) is 12.0 Å². The minimum absolute atomic E-state index is 0.0254. The summed E-state index contributed by atoms with van der Waals surface area (Å²) < 4.78 is 5.37. The van der Waals surface area contributed by atoms with Gasteiger partial charge in [-0.25, -0.2) is 4.98 Å². The van der Waals surface area contributed by atoms with Crippen molar-refractivity contribution < 1.29 is 52.4 Å². The number of hydrogen-bond acceptors (Lipinski definition) is 13. The molecule has 1 aromatic heterocycles. The fraction of sp³-hybridized carbons (Fsp3) is 0.721. The Morgan fingerprint density at radius 3 is 1.77 bits per heavy atom. The molecule has 84 heavy (non-hydrogen) atoms. The Bertz CT molecular complexity index is 2540. The highest BCUT2D eigenvalue weighted by Gasteiger charge is 2.43. The average Bonchev–Trinajstić information content (AvgIpc) is 3.11. The van der Waals surface area contributed by atoms with Crippen molar-refractivity contribution in [3.63, 3.8) is 0 Å². The second-order valence-electron chi connectivity index (χ2n) is 25.9. The van der Waals surface area contributed by atoms with Crippen molar-refractivity contribution in [2.45, 2.75) is 233 Å². The number of nitrogens with zero attached hydrogens (tertiary/aromatic N) is 4. The second kappa shape index (κ2) is 33.2. The first-order valence-corrected chi connectivity index (χ1v) is 30.2. The van der Waals surface area contributed by atoms with Gasteiger partial charge >= 0.3 is 0 Å². The Balaban J connectivity index is 1.78. The summed E-state index contributed by atoms with van der Waals surface area (Å²) in [7, 11) is 3.79. The average molecular weight is 1180 g/mol. The van der Waals surface area contributed by atoms with Crippen molar-refractivity contribution in [1.29, 1.82) is 0 Å². The lowest BCUT2D eigenvalue weighted by Crippen LogP contribution is -2.65. The molecule has 0 radical (unpaired) electrons. The number of carbonyl (C=O) groups excluding carboxylic acids is 10. The summed E-state index contributed by atoms with van der Waals surface area (Å²) in [5.74, 6) is -5.51. The number of likely N-dealkylation sites (tertiary alicyclic amines) is 1. The third kappa shape index (κ3) is 22.7. The molecule has 472 valence electrons. The number of carbonyl (C=O) groups is 10. The van der Waals surface area contributed by atoms with Crippen molar-refractivity contribution in [1.82, 2.24) is 62.2 Å². The van der Waals surface area contributed by atoms with Gasteiger partial charge in [0.2, 0.25) is 53.7 Å². The molecule has 2 heterocycles. The summed E-state index contributed by atoms with van der Waals surface area (Å²) in [5.41, 5.74) is -3.31. The van der Waals surface area contributed by atoms with E-state index in [2.05, 4.69) is 54.4 Å². The highest BCUT2D eigenvalue weighted by molar-refractivity contribution is 6.00. The molecule has 0 bridgehead atoms. The number of oxazole rings is 1. The zero-order chi connectivity index (χ0) is 63.3. The Morgan fingerprint density at radius 1 is 0.679 bits per heavy atom. The first kappa shape index (κ1) is 71.6. The normalized spacial score (nSPS) is 15.7. The van der Waals surface area contributed by atoms with E-state index in [0.717, 1.165) is 32.1 Å². The molecule has 23 heteroatoms. The molecule has 23 nitrogen and oxygen atoms in total. The summed E-state index contributed by atoms with van der Waals surface area (Å²) in [5, 5.41) is 22.3. The van der Waals surface area contributed by atoms with Gasteiger partial charge in [-0.05, 0) is 137 Å². The molecule has 0 aliphatic carbocycles. The molecule has 1 fully saturated rings. The molecule has 10 amide bonds. The number of rotatable bonds is 36. The van der Waals surface area contributed by atoms with E-state index in [1.807, 2.05) is 67.5 Å². The molecule has 1 saturated heterocycles. The van der Waals surface area contributed by atoms with E-state index >= 15 is 0 Å². The van der Waals surface area contributed by atoms with Crippen molar-refractivity contribution in [2.75, 3.05) is 33.7 Å². The Hall–Kier alpha value is -6.65. The Morgan fingerprint density at radius 2 is 1.21 bits per heavy atom. The van der Waals surface area contributed by atoms with Gasteiger partial charge < -0.3 is 61.7 Å². The number of likely N-dealkylation sites (N-methyl/N-ethyl adjacent to an activating group) is 1. The molecule has 1 aliphatic rings. The fourth-order valence-electron chi connectivity index (χ4n) is 10.2. The molecule has 6 atom stereocenters. The fourth-order valence-corrected chi connectivity index (χ4v) is 10.2. The van der Waals surface area contributed by atoms with Crippen LogP contribution in [0.3, 0.4) is 0 Å². The highest BCUT2D eigenvalue weighted by atomic mass is 16.3. The van der Waals surface area contributed by atoms with Gasteiger partial charge in [0, 0.05) is 37.7 Å². The van der Waals surface area contributed by atoms with Crippen LogP contribution in [0.25, 0.3) is 11.1 Å². The Kier molecular flexibility index (Phi) is 28.3. The lowest BCUT2D eigenvalue weighted by molar-refractivity contribution is -0.140. The molecule has 2 aromatic rings. The van der Waals surface area contributed by atoms with Crippen molar-refractivity contribution in [3.8, 4) is 0 Å². The van der Waals surface area contributed by atoms with Crippen LogP contribution in [0.1, 0.15) is 191 Å². The van der Waals surface area contributed by atoms with Gasteiger partial charge in [-0.1, -0.05) is 87.0 Å². The zero-order valence-corrected chi connectivity index (χ0v) is 53.2. The van der Waals surface area contributed by atoms with E-state index in [1.165, 1.54) is 52.8 Å². The van der Waals surface area contributed by atoms with Crippen LogP contribution < -0.4 is 42.5 Å². The first-order chi connectivity index (χ1) is 39.2. The lowest BCUT2D eigenvalue weighted by atomic mass is 9.96. The lowest BCUT2D eigenvalue weighted by Gasteiger charge is -2.38. The van der Waals surface area contributed by atoms with Crippen molar-refractivity contribution in [2.24, 2.45) is 17.8 Å². The van der Waals surface area contributed by atoms with E-state index in [0.29, 0.717) is 55.4 Å². The van der Waals surface area contributed by atoms with Gasteiger partial charge in [-0.15, -0.1) is 0 Å². The number of fused-ring (bicyclic) bond motifs is 1. The van der Waals surface area contributed by atoms with Crippen LogP contribution >= 0.6 is 0 Å². The summed E-state index contributed by atoms with van der Waals surface area (Å²) in [6.07, 6.45) is 8.45. The summed E-state index contributed by atoms with van der Waals surface area (Å²) >= 11 is 0. The number of hydrogen-bond donors (Lipinski definition) is 8. The van der Waals surface area contributed by atoms with Gasteiger partial charge in [0.05, 0.1) is 0 Å². The van der Waals surface area contributed by atoms with E-state index in [9.17, 15) is 47.9 Å². The predicted octanol–water partition coefficient (Wildman–Crippen LogP) is 4.82. The van der Waals surface area contributed by atoms with Crippen LogP contribution in [0.5, 0.6) is 0 Å². The zero-order valence-electron chi connectivity index (χ0n) is 53.2. The topological polar surface area (TPSA) is 303 Å². The largest absolute Gasteiger partial charge is 0.443 e. The van der Waals surface area contributed by atoms with Crippen LogP contribution in [-0.4, -0.2) is 166 Å². The van der Waals surface area contributed by atoms with Crippen LogP contribution in [0, 0.1) is 17.8 Å². The molecule has 0 unspecified atom stereocenters. The van der Waals surface area contributed by atoms with Gasteiger partial charge in [0.25, 0.3) is 5.91 Å². The van der Waals surface area contributed by atoms with Gasteiger partial charge in [0.1, 0.15) is 52.5 Å². The minimum Gasteiger partial charge on any atom is -0.443 e. The predicted molar refractivity (Wildman–Crippen MR) is 322 cm³/mol. The number of nitrogens with one attached hydrogen (secondary N) is 8. The molecule has 8 N–H and O–H groups in total. The quantitative estimate of drug-likeness (QED) is 0.0336. The minimum atomic E-state index is -1.66. The molecular weight excluding hydrogens is 1080 g/mol. The van der Waals surface area contributed by atoms with Crippen LogP contribution in [0.2, 0.25) is 0 Å². The van der Waals surface area contributed by atoms with Crippen molar-refractivity contribution in [3.05, 3.63) is 30.2 Å². The van der Waals surface area contributed by atoms with Crippen molar-refractivity contribution >= 4 is 70.7 Å². The van der Waals surface area contributed by atoms with Gasteiger partial charge in [-0.2, -0.15) is 0 Å². The number of unbranched alkanes of at least 4 members (excludes halogenated alkanes) is 5. The second-order valence-corrected chi connectivity index (χ2v) is 25.9. The molecule has 3 rings (SSSR count). The smallest absolute Gasteiger partial charge is 0.255 e. The highest BCUT2D eigenvalue weighted by Crippen LogP contribution is 2.28.